The Morgan fingerprint density at radius 3 is 0.750 bits per heavy atom. The first-order valence-corrected chi connectivity index (χ1v) is 42.3. The second-order valence-corrected chi connectivity index (χ2v) is 29.0. The molecule has 0 aliphatic heterocycles. The van der Waals surface area contributed by atoms with Crippen LogP contribution in [0.5, 0.6) is 0 Å². The number of allylic oxidation sites excluding steroid dienone is 16. The summed E-state index contributed by atoms with van der Waals surface area (Å²) >= 11 is 0. The number of carbonyl (C=O) groups is 5. The van der Waals surface area contributed by atoms with Crippen LogP contribution in [0, 0.1) is 0 Å². The van der Waals surface area contributed by atoms with Gasteiger partial charge in [0.15, 0.2) is 18.0 Å². The van der Waals surface area contributed by atoms with Crippen LogP contribution >= 0.6 is 15.6 Å². The predicted octanol–water partition coefficient (Wildman–Crippen LogP) is 23.0. The summed E-state index contributed by atoms with van der Waals surface area (Å²) in [5.41, 5.74) is 0. The minimum absolute atomic E-state index is 0.0640. The van der Waals surface area contributed by atoms with Gasteiger partial charge in [-0.25, -0.2) is 9.13 Å². The van der Waals surface area contributed by atoms with E-state index in [1.165, 1.54) is 77.0 Å². The standard InChI is InChI=1S/C81H140O17P2/c1-5-9-13-17-21-25-29-33-37-41-45-49-53-57-61-65-78(83)91-71-76(97-80(85)67-63-59-55-51-47-43-39-35-31-27-23-19-15-11-7-3)73-95-99(87,88)93-69-75(82)70-94-100(89,90)96-74-77(98-81(86)68-64-60-56-52-48-44-40-36-32-28-24-20-16-12-8-4)72-92-79(84)66-62-58-54-50-46-42-38-34-30-26-22-18-14-10-6-2/h21-28,33-40,76-77H,5-20,29-32,41-74H2,1-4H3,(H,87,88)(H,89,90)/b25-21-,26-22-,27-23-,28-24-,37-33-,38-34-,39-35-,40-36-/t76-,77-/m1/s1. The quantitative estimate of drug-likeness (QED) is 0.0189. The molecule has 19 heteroatoms. The van der Waals surface area contributed by atoms with Crippen LogP contribution in [-0.2, 0) is 70.1 Å². The molecule has 0 aromatic rings. The Labute approximate surface area is 607 Å². The number of carbonyl (C=O) groups excluding carboxylic acids is 5. The molecule has 0 spiro atoms. The van der Waals surface area contributed by atoms with E-state index in [4.69, 9.17) is 37.0 Å². The Morgan fingerprint density at radius 2 is 0.500 bits per heavy atom. The zero-order valence-electron chi connectivity index (χ0n) is 63.0. The molecule has 0 rings (SSSR count). The summed E-state index contributed by atoms with van der Waals surface area (Å²) < 4.78 is 68.1. The van der Waals surface area contributed by atoms with Crippen molar-refractivity contribution in [3.63, 3.8) is 0 Å². The van der Waals surface area contributed by atoms with Gasteiger partial charge in [0, 0.05) is 25.7 Å². The first-order valence-electron chi connectivity index (χ1n) is 39.3. The summed E-state index contributed by atoms with van der Waals surface area (Å²) in [7, 11) is -10.1. The van der Waals surface area contributed by atoms with E-state index in [9.17, 15) is 42.9 Å². The minimum atomic E-state index is -5.04. The molecule has 0 saturated carbocycles. The highest BCUT2D eigenvalue weighted by atomic mass is 31.2. The van der Waals surface area contributed by atoms with Gasteiger partial charge in [0.25, 0.3) is 0 Å². The van der Waals surface area contributed by atoms with Crippen LogP contribution < -0.4 is 0 Å². The summed E-state index contributed by atoms with van der Waals surface area (Å²) in [6.07, 6.45) is 78.0. The smallest absolute Gasteiger partial charge is 0.462 e. The van der Waals surface area contributed by atoms with Crippen molar-refractivity contribution >= 4 is 45.3 Å². The Balaban J connectivity index is 5.40. The van der Waals surface area contributed by atoms with Crippen molar-refractivity contribution in [3.05, 3.63) is 97.2 Å². The first-order chi connectivity index (χ1) is 48.7. The van der Waals surface area contributed by atoms with Crippen LogP contribution in [0.1, 0.15) is 336 Å². The van der Waals surface area contributed by atoms with Gasteiger partial charge in [0.1, 0.15) is 26.4 Å². The molecule has 0 amide bonds. The zero-order valence-corrected chi connectivity index (χ0v) is 64.8. The van der Waals surface area contributed by atoms with Gasteiger partial charge in [-0.2, -0.15) is 0 Å². The molecule has 0 heterocycles. The molecule has 0 saturated heterocycles. The van der Waals surface area contributed by atoms with Gasteiger partial charge in [-0.05, 0) is 154 Å². The molecular formula is C81H140O17P2. The molecule has 0 bridgehead atoms. The average Bonchev–Trinajstić information content (AvgIpc) is 1.01. The van der Waals surface area contributed by atoms with Crippen molar-refractivity contribution < 1.29 is 79.9 Å². The third kappa shape index (κ3) is 72.1. The number of unbranched alkanes of at least 4 members (excludes halogenated alkanes) is 32. The van der Waals surface area contributed by atoms with Gasteiger partial charge in [-0.3, -0.25) is 42.1 Å². The third-order valence-corrected chi connectivity index (χ3v) is 18.3. The number of rotatable bonds is 74. The van der Waals surface area contributed by atoms with Crippen molar-refractivity contribution in [1.29, 1.82) is 0 Å². The minimum Gasteiger partial charge on any atom is -0.462 e. The topological polar surface area (TPSA) is 234 Å². The number of ketones is 1. The number of Topliss-reactive ketones (excluding diaryl/α,β-unsaturated/α-hetero) is 1. The molecule has 2 N–H and O–H groups in total. The molecular weight excluding hydrogens is 1310 g/mol. The second kappa shape index (κ2) is 73.0. The highest BCUT2D eigenvalue weighted by Crippen LogP contribution is 2.45. The average molecular weight is 1450 g/mol. The summed E-state index contributed by atoms with van der Waals surface area (Å²) in [5, 5.41) is 0. The maximum Gasteiger partial charge on any atom is 0.472 e. The number of phosphoric acid groups is 2. The van der Waals surface area contributed by atoms with E-state index in [1.54, 1.807) is 0 Å². The second-order valence-electron chi connectivity index (χ2n) is 26.1. The third-order valence-electron chi connectivity index (χ3n) is 16.4. The fourth-order valence-electron chi connectivity index (χ4n) is 10.3. The van der Waals surface area contributed by atoms with Gasteiger partial charge in [-0.1, -0.05) is 253 Å². The number of hydrogen-bond donors (Lipinski definition) is 2. The molecule has 576 valence electrons. The van der Waals surface area contributed by atoms with Crippen molar-refractivity contribution in [2.75, 3.05) is 39.6 Å². The lowest BCUT2D eigenvalue weighted by Gasteiger charge is -2.20. The van der Waals surface area contributed by atoms with Gasteiger partial charge in [0.2, 0.25) is 0 Å². The Hall–Kier alpha value is -4.31. The molecule has 0 aliphatic carbocycles. The fraction of sp³-hybridized carbons (Fsp3) is 0.741. The van der Waals surface area contributed by atoms with Gasteiger partial charge in [0.05, 0.1) is 13.2 Å². The number of hydrogen-bond acceptors (Lipinski definition) is 15. The molecule has 100 heavy (non-hydrogen) atoms. The number of phosphoric ester groups is 2. The molecule has 4 atom stereocenters. The van der Waals surface area contributed by atoms with Crippen molar-refractivity contribution in [1.82, 2.24) is 0 Å². The van der Waals surface area contributed by atoms with E-state index in [1.807, 2.05) is 0 Å². The lowest BCUT2D eigenvalue weighted by Crippen LogP contribution is -2.30. The maximum absolute atomic E-state index is 13.0. The SMILES string of the molecule is CCCCC/C=C\C/C=C\CCCCCCCC(=O)OC[C@H](COP(=O)(O)OCC(=O)COP(=O)(O)OC[C@@H](COC(=O)CCCCCCC/C=C\C/C=C\CCCCC)OC(=O)CCCCCCC/C=C\C/C=C\CCCCC)OC(=O)CCCCCCC/C=C\C/C=C\CCCCC. The van der Waals surface area contributed by atoms with Crippen molar-refractivity contribution in [2.24, 2.45) is 0 Å². The van der Waals surface area contributed by atoms with E-state index in [0.717, 1.165) is 180 Å². The molecule has 0 aliphatic rings. The lowest BCUT2D eigenvalue weighted by molar-refractivity contribution is -0.161. The molecule has 0 radical (unpaired) electrons. The Morgan fingerprint density at radius 1 is 0.280 bits per heavy atom. The Kier molecular flexibility index (Phi) is 69.9. The van der Waals surface area contributed by atoms with Crippen LogP contribution in [0.2, 0.25) is 0 Å². The number of ether oxygens (including phenoxy) is 4. The molecule has 0 fully saturated rings. The number of esters is 4. The largest absolute Gasteiger partial charge is 0.472 e. The zero-order chi connectivity index (χ0) is 73.2. The van der Waals surface area contributed by atoms with Crippen LogP contribution in [0.4, 0.5) is 0 Å². The summed E-state index contributed by atoms with van der Waals surface area (Å²) in [6.45, 7) is 4.24. The van der Waals surface area contributed by atoms with Gasteiger partial charge >= 0.3 is 39.5 Å². The van der Waals surface area contributed by atoms with Crippen molar-refractivity contribution in [2.45, 2.75) is 348 Å². The summed E-state index contributed by atoms with van der Waals surface area (Å²) in [4.78, 5) is 85.6. The molecule has 0 aromatic heterocycles. The van der Waals surface area contributed by atoms with Crippen LogP contribution in [0.3, 0.4) is 0 Å². The predicted molar refractivity (Wildman–Crippen MR) is 408 cm³/mol. The van der Waals surface area contributed by atoms with E-state index in [0.29, 0.717) is 25.7 Å². The van der Waals surface area contributed by atoms with E-state index in [2.05, 4.69) is 125 Å². The maximum atomic E-state index is 13.0. The highest BCUT2D eigenvalue weighted by molar-refractivity contribution is 7.47. The van der Waals surface area contributed by atoms with Crippen LogP contribution in [0.15, 0.2) is 97.2 Å². The molecule has 2 unspecified atom stereocenters. The van der Waals surface area contributed by atoms with Gasteiger partial charge in [-0.15, -0.1) is 0 Å². The fourth-order valence-corrected chi connectivity index (χ4v) is 11.8. The van der Waals surface area contributed by atoms with E-state index in [-0.39, 0.29) is 25.7 Å². The van der Waals surface area contributed by atoms with E-state index < -0.39 is 97.2 Å². The van der Waals surface area contributed by atoms with Gasteiger partial charge < -0.3 is 28.7 Å². The van der Waals surface area contributed by atoms with Crippen LogP contribution in [-0.4, -0.2) is 91.3 Å². The van der Waals surface area contributed by atoms with E-state index >= 15 is 0 Å². The molecule has 0 aromatic carbocycles. The normalized spacial score (nSPS) is 14.1. The highest BCUT2D eigenvalue weighted by Gasteiger charge is 2.30. The summed E-state index contributed by atoms with van der Waals surface area (Å²) in [5.74, 6) is -3.33. The Bertz CT molecular complexity index is 2170. The van der Waals surface area contributed by atoms with Crippen molar-refractivity contribution in [3.8, 4) is 0 Å². The monoisotopic (exact) mass is 1450 g/mol. The lowest BCUT2D eigenvalue weighted by atomic mass is 10.1. The first kappa shape index (κ1) is 95.7. The van der Waals surface area contributed by atoms with Crippen LogP contribution in [0.25, 0.3) is 0 Å². The molecule has 17 nitrogen and oxygen atoms in total. The summed E-state index contributed by atoms with van der Waals surface area (Å²) in [6, 6.07) is 0.